The van der Waals surface area contributed by atoms with Crippen molar-refractivity contribution in [2.75, 3.05) is 25.5 Å². The lowest BCUT2D eigenvalue weighted by Crippen LogP contribution is -2.45. The fourth-order valence-corrected chi connectivity index (χ4v) is 4.45. The van der Waals surface area contributed by atoms with Crippen molar-refractivity contribution in [3.05, 3.63) is 29.3 Å². The first kappa shape index (κ1) is 19.2. The summed E-state index contributed by atoms with van der Waals surface area (Å²) in [6.07, 6.45) is 1.92. The number of hydrogen-bond donors (Lipinski definition) is 2. The molecule has 5 amide bonds. The number of hydrogen-bond acceptors (Lipinski definition) is 5. The van der Waals surface area contributed by atoms with Gasteiger partial charge in [0.25, 0.3) is 5.91 Å². The maximum Gasteiger partial charge on any atom is 0.418 e. The maximum atomic E-state index is 13.2. The molecule has 1 aromatic carbocycles. The number of nitrogens with zero attached hydrogens (tertiary/aromatic N) is 2. The number of imide groups is 1. The Morgan fingerprint density at radius 1 is 1.31 bits per heavy atom. The fourth-order valence-electron chi connectivity index (χ4n) is 4.45. The first-order valence-electron chi connectivity index (χ1n) is 9.82. The maximum absolute atomic E-state index is 13.2. The van der Waals surface area contributed by atoms with Gasteiger partial charge in [-0.3, -0.25) is 9.59 Å². The SMILES string of the molecule is CNC(=O)Nc1ccc2c(c1)CC[C@@]21OC(=O)N(CC(=O)N2CCC[C@@H]2C)C1=O. The van der Waals surface area contributed by atoms with Gasteiger partial charge >= 0.3 is 12.1 Å². The fraction of sp³-hybridized carbons (Fsp3) is 0.500. The van der Waals surface area contributed by atoms with E-state index in [2.05, 4.69) is 10.6 Å². The molecule has 1 aliphatic carbocycles. The second-order valence-corrected chi connectivity index (χ2v) is 7.74. The lowest BCUT2D eigenvalue weighted by molar-refractivity contribution is -0.142. The topological polar surface area (TPSA) is 108 Å². The van der Waals surface area contributed by atoms with E-state index in [0.717, 1.165) is 23.3 Å². The van der Waals surface area contributed by atoms with Gasteiger partial charge < -0.3 is 20.3 Å². The normalized spacial score (nSPS) is 25.4. The minimum atomic E-state index is -1.38. The molecular formula is C20H24N4O5. The molecule has 2 heterocycles. The van der Waals surface area contributed by atoms with Crippen LogP contribution in [0.1, 0.15) is 37.3 Å². The molecule has 2 fully saturated rings. The van der Waals surface area contributed by atoms with Crippen molar-refractivity contribution in [2.24, 2.45) is 0 Å². The molecular weight excluding hydrogens is 376 g/mol. The van der Waals surface area contributed by atoms with Crippen LogP contribution in [0, 0.1) is 0 Å². The Hall–Kier alpha value is -3.10. The van der Waals surface area contributed by atoms with E-state index in [0.29, 0.717) is 30.6 Å². The number of carbonyl (C=O) groups is 4. The molecule has 2 atom stereocenters. The zero-order valence-corrected chi connectivity index (χ0v) is 16.5. The van der Waals surface area contributed by atoms with Gasteiger partial charge in [0.15, 0.2) is 0 Å². The van der Waals surface area contributed by atoms with Gasteiger partial charge in [0.2, 0.25) is 11.5 Å². The second-order valence-electron chi connectivity index (χ2n) is 7.74. The van der Waals surface area contributed by atoms with Gasteiger partial charge in [0.05, 0.1) is 0 Å². The first-order chi connectivity index (χ1) is 13.9. The zero-order chi connectivity index (χ0) is 20.8. The summed E-state index contributed by atoms with van der Waals surface area (Å²) in [5.74, 6) is -0.728. The molecule has 0 aromatic heterocycles. The van der Waals surface area contributed by atoms with Crippen LogP contribution in [0.5, 0.6) is 0 Å². The van der Waals surface area contributed by atoms with Crippen LogP contribution in [-0.2, 0) is 26.3 Å². The van der Waals surface area contributed by atoms with Crippen molar-refractivity contribution in [3.8, 4) is 0 Å². The Morgan fingerprint density at radius 2 is 2.10 bits per heavy atom. The zero-order valence-electron chi connectivity index (χ0n) is 16.5. The number of urea groups is 1. The third-order valence-electron chi connectivity index (χ3n) is 6.01. The summed E-state index contributed by atoms with van der Waals surface area (Å²) in [6, 6.07) is 4.92. The van der Waals surface area contributed by atoms with Gasteiger partial charge in [0, 0.05) is 37.3 Å². The van der Waals surface area contributed by atoms with Crippen LogP contribution in [0.25, 0.3) is 0 Å². The van der Waals surface area contributed by atoms with Gasteiger partial charge in [-0.05, 0) is 43.9 Å². The van der Waals surface area contributed by atoms with Crippen LogP contribution >= 0.6 is 0 Å². The minimum Gasteiger partial charge on any atom is -0.427 e. The summed E-state index contributed by atoms with van der Waals surface area (Å²) < 4.78 is 5.56. The highest BCUT2D eigenvalue weighted by Crippen LogP contribution is 2.46. The molecule has 9 nitrogen and oxygen atoms in total. The lowest BCUT2D eigenvalue weighted by atomic mass is 9.94. The van der Waals surface area contributed by atoms with Crippen LogP contribution < -0.4 is 10.6 Å². The summed E-state index contributed by atoms with van der Waals surface area (Å²) >= 11 is 0. The standard InChI is InChI=1S/C20H24N4O5/c1-12-4-3-9-23(12)16(25)11-24-17(26)20(29-19(24)28)8-7-13-10-14(5-6-15(13)20)22-18(27)21-2/h5-6,10,12H,3-4,7-9,11H2,1-2H3,(H2,21,22,27)/t12-,20+/m0/s1. The molecule has 0 saturated carbocycles. The number of amides is 5. The molecule has 29 heavy (non-hydrogen) atoms. The van der Waals surface area contributed by atoms with E-state index in [9.17, 15) is 19.2 Å². The van der Waals surface area contributed by atoms with E-state index < -0.39 is 17.6 Å². The number of ether oxygens (including phenoxy) is 1. The van der Waals surface area contributed by atoms with E-state index in [1.165, 1.54) is 7.05 Å². The molecule has 2 aliphatic heterocycles. The van der Waals surface area contributed by atoms with Gasteiger partial charge in [-0.15, -0.1) is 0 Å². The van der Waals surface area contributed by atoms with Gasteiger partial charge in [-0.1, -0.05) is 6.07 Å². The lowest BCUT2D eigenvalue weighted by Gasteiger charge is -2.24. The third kappa shape index (κ3) is 3.10. The molecule has 2 N–H and O–H groups in total. The number of rotatable bonds is 3. The summed E-state index contributed by atoms with van der Waals surface area (Å²) in [4.78, 5) is 52.4. The molecule has 9 heteroatoms. The number of fused-ring (bicyclic) bond motifs is 2. The Labute approximate surface area is 168 Å². The Morgan fingerprint density at radius 3 is 2.79 bits per heavy atom. The van der Waals surface area contributed by atoms with Crippen LogP contribution in [0.3, 0.4) is 0 Å². The molecule has 1 spiro atoms. The highest BCUT2D eigenvalue weighted by Gasteiger charge is 2.58. The summed E-state index contributed by atoms with van der Waals surface area (Å²) in [6.45, 7) is 2.32. The monoisotopic (exact) mass is 400 g/mol. The average Bonchev–Trinajstić information content (AvgIpc) is 3.35. The van der Waals surface area contributed by atoms with Gasteiger partial charge in [0.1, 0.15) is 6.54 Å². The molecule has 0 bridgehead atoms. The second kappa shape index (κ2) is 7.06. The van der Waals surface area contributed by atoms with Crippen molar-refractivity contribution < 1.29 is 23.9 Å². The minimum absolute atomic E-state index is 0.114. The number of anilines is 1. The number of carbonyl (C=O) groups excluding carboxylic acids is 4. The summed E-state index contributed by atoms with van der Waals surface area (Å²) in [5.41, 5.74) is 0.658. The number of aryl methyl sites for hydroxylation is 1. The quantitative estimate of drug-likeness (QED) is 0.801. The van der Waals surface area contributed by atoms with Gasteiger partial charge in [-0.2, -0.15) is 0 Å². The largest absolute Gasteiger partial charge is 0.427 e. The van der Waals surface area contributed by atoms with Crippen LogP contribution in [0.4, 0.5) is 15.3 Å². The van der Waals surface area contributed by atoms with E-state index in [1.54, 1.807) is 23.1 Å². The molecule has 2 saturated heterocycles. The molecule has 0 unspecified atom stereocenters. The molecule has 0 radical (unpaired) electrons. The Balaban J connectivity index is 1.55. The predicted octanol–water partition coefficient (Wildman–Crippen LogP) is 1.57. The molecule has 3 aliphatic rings. The van der Waals surface area contributed by atoms with E-state index in [-0.39, 0.29) is 24.5 Å². The van der Waals surface area contributed by atoms with E-state index >= 15 is 0 Å². The van der Waals surface area contributed by atoms with E-state index in [1.807, 2.05) is 6.92 Å². The Bertz CT molecular complexity index is 901. The van der Waals surface area contributed by atoms with Crippen LogP contribution in [0.2, 0.25) is 0 Å². The Kier molecular flexibility index (Phi) is 4.68. The van der Waals surface area contributed by atoms with E-state index in [4.69, 9.17) is 4.74 Å². The number of nitrogens with one attached hydrogen (secondary N) is 2. The van der Waals surface area contributed by atoms with Crippen LogP contribution in [-0.4, -0.2) is 59.9 Å². The molecule has 1 aromatic rings. The molecule has 154 valence electrons. The summed E-state index contributed by atoms with van der Waals surface area (Å²) in [5, 5.41) is 5.16. The molecule has 4 rings (SSSR count). The smallest absolute Gasteiger partial charge is 0.418 e. The van der Waals surface area contributed by atoms with Crippen molar-refractivity contribution >= 4 is 29.6 Å². The van der Waals surface area contributed by atoms with Gasteiger partial charge in [-0.25, -0.2) is 14.5 Å². The van der Waals surface area contributed by atoms with Crippen molar-refractivity contribution in [1.29, 1.82) is 0 Å². The average molecular weight is 400 g/mol. The third-order valence-corrected chi connectivity index (χ3v) is 6.01. The van der Waals surface area contributed by atoms with Crippen molar-refractivity contribution in [2.45, 2.75) is 44.2 Å². The number of benzene rings is 1. The highest BCUT2D eigenvalue weighted by atomic mass is 16.6. The predicted molar refractivity (Wildman–Crippen MR) is 103 cm³/mol. The van der Waals surface area contributed by atoms with Crippen molar-refractivity contribution in [3.63, 3.8) is 0 Å². The van der Waals surface area contributed by atoms with Crippen molar-refractivity contribution in [1.82, 2.24) is 15.1 Å². The first-order valence-corrected chi connectivity index (χ1v) is 9.82. The number of likely N-dealkylation sites (tertiary alicyclic amines) is 1. The summed E-state index contributed by atoms with van der Waals surface area (Å²) in [7, 11) is 1.52. The highest BCUT2D eigenvalue weighted by molar-refractivity contribution is 6.06. The van der Waals surface area contributed by atoms with Crippen LogP contribution in [0.15, 0.2) is 18.2 Å².